The van der Waals surface area contributed by atoms with Crippen LogP contribution in [0.5, 0.6) is 11.6 Å². The third kappa shape index (κ3) is 2.49. The van der Waals surface area contributed by atoms with Crippen molar-refractivity contribution >= 4 is 10.8 Å². The van der Waals surface area contributed by atoms with E-state index in [-0.39, 0.29) is 0 Å². The average Bonchev–Trinajstić information content (AvgIpc) is 2.47. The largest absolute Gasteiger partial charge is 0.439 e. The molecular formula is C17H16N2O. The van der Waals surface area contributed by atoms with Gasteiger partial charge in [0.05, 0.1) is 0 Å². The summed E-state index contributed by atoms with van der Waals surface area (Å²) in [6.07, 6.45) is 0. The molecule has 0 saturated carbocycles. The van der Waals surface area contributed by atoms with E-state index in [0.29, 0.717) is 12.4 Å². The summed E-state index contributed by atoms with van der Waals surface area (Å²) >= 11 is 0. The van der Waals surface area contributed by atoms with Crippen LogP contribution in [0.25, 0.3) is 10.8 Å². The molecular weight excluding hydrogens is 248 g/mol. The molecule has 3 rings (SSSR count). The zero-order chi connectivity index (χ0) is 13.9. The lowest BCUT2D eigenvalue weighted by atomic mass is 10.1. The molecule has 0 radical (unpaired) electrons. The van der Waals surface area contributed by atoms with Crippen LogP contribution >= 0.6 is 0 Å². The van der Waals surface area contributed by atoms with Crippen LogP contribution in [-0.4, -0.2) is 4.98 Å². The lowest BCUT2D eigenvalue weighted by Crippen LogP contribution is -2.02. The maximum absolute atomic E-state index is 5.90. The second kappa shape index (κ2) is 5.31. The predicted octanol–water partition coefficient (Wildman–Crippen LogP) is 3.79. The van der Waals surface area contributed by atoms with Crippen molar-refractivity contribution in [3.05, 3.63) is 65.9 Å². The molecule has 0 aliphatic heterocycles. The second-order valence-corrected chi connectivity index (χ2v) is 4.73. The van der Waals surface area contributed by atoms with Crippen LogP contribution in [0.4, 0.5) is 0 Å². The molecule has 3 aromatic rings. The van der Waals surface area contributed by atoms with Crippen LogP contribution in [0.2, 0.25) is 0 Å². The molecule has 0 unspecified atom stereocenters. The quantitative estimate of drug-likeness (QED) is 0.782. The molecule has 0 saturated heterocycles. The van der Waals surface area contributed by atoms with E-state index >= 15 is 0 Å². The van der Waals surface area contributed by atoms with E-state index < -0.39 is 0 Å². The Hall–Kier alpha value is -2.39. The van der Waals surface area contributed by atoms with Crippen molar-refractivity contribution in [3.63, 3.8) is 0 Å². The predicted molar refractivity (Wildman–Crippen MR) is 80.9 cm³/mol. The van der Waals surface area contributed by atoms with Crippen LogP contribution < -0.4 is 10.5 Å². The fourth-order valence-electron chi connectivity index (χ4n) is 2.15. The first-order valence-electron chi connectivity index (χ1n) is 6.59. The minimum absolute atomic E-state index is 0.413. The minimum atomic E-state index is 0.413. The summed E-state index contributed by atoms with van der Waals surface area (Å²) in [5.74, 6) is 1.36. The zero-order valence-electron chi connectivity index (χ0n) is 11.3. The lowest BCUT2D eigenvalue weighted by molar-refractivity contribution is 0.456. The number of ether oxygens (including phenoxy) is 1. The van der Waals surface area contributed by atoms with Gasteiger partial charge in [0.15, 0.2) is 0 Å². The van der Waals surface area contributed by atoms with Crippen molar-refractivity contribution in [2.45, 2.75) is 13.5 Å². The maximum atomic E-state index is 5.90. The molecule has 1 heterocycles. The molecule has 0 spiro atoms. The first-order chi connectivity index (χ1) is 9.76. The minimum Gasteiger partial charge on any atom is -0.439 e. The fraction of sp³-hybridized carbons (Fsp3) is 0.118. The second-order valence-electron chi connectivity index (χ2n) is 4.73. The van der Waals surface area contributed by atoms with E-state index in [1.165, 1.54) is 5.39 Å². The zero-order valence-corrected chi connectivity index (χ0v) is 11.3. The molecule has 0 aliphatic carbocycles. The molecule has 1 aromatic heterocycles. The number of hydrogen-bond acceptors (Lipinski definition) is 3. The average molecular weight is 264 g/mol. The van der Waals surface area contributed by atoms with Gasteiger partial charge in [-0.15, -0.1) is 0 Å². The summed E-state index contributed by atoms with van der Waals surface area (Å²) in [5.41, 5.74) is 7.55. The lowest BCUT2D eigenvalue weighted by Gasteiger charge is -2.10. The molecule has 0 aliphatic rings. The number of fused-ring (bicyclic) bond motifs is 1. The van der Waals surface area contributed by atoms with Gasteiger partial charge >= 0.3 is 0 Å². The first kappa shape index (κ1) is 12.6. The van der Waals surface area contributed by atoms with E-state index in [1.54, 1.807) is 0 Å². The number of rotatable bonds is 3. The molecule has 3 heteroatoms. The molecule has 0 fully saturated rings. The number of aryl methyl sites for hydroxylation is 1. The molecule has 0 amide bonds. The number of benzene rings is 2. The molecule has 20 heavy (non-hydrogen) atoms. The summed E-state index contributed by atoms with van der Waals surface area (Å²) in [7, 11) is 0. The van der Waals surface area contributed by atoms with E-state index in [4.69, 9.17) is 10.5 Å². The monoisotopic (exact) mass is 264 g/mol. The van der Waals surface area contributed by atoms with Crippen molar-refractivity contribution in [1.29, 1.82) is 0 Å². The van der Waals surface area contributed by atoms with Crippen LogP contribution in [0.1, 0.15) is 11.3 Å². The number of nitrogens with two attached hydrogens (primary N) is 1. The van der Waals surface area contributed by atoms with Gasteiger partial charge in [0, 0.05) is 17.8 Å². The van der Waals surface area contributed by atoms with Gasteiger partial charge in [-0.2, -0.15) is 0 Å². The number of aromatic nitrogens is 1. The van der Waals surface area contributed by atoms with E-state index in [2.05, 4.69) is 17.1 Å². The van der Waals surface area contributed by atoms with Gasteiger partial charge < -0.3 is 10.5 Å². The molecule has 2 N–H and O–H groups in total. The Morgan fingerprint density at radius 1 is 1.00 bits per heavy atom. The maximum Gasteiger partial charge on any atom is 0.223 e. The molecule has 0 atom stereocenters. The normalized spacial score (nSPS) is 10.7. The summed E-state index contributed by atoms with van der Waals surface area (Å²) in [6.45, 7) is 2.35. The smallest absolute Gasteiger partial charge is 0.223 e. The Morgan fingerprint density at radius 2 is 1.80 bits per heavy atom. The van der Waals surface area contributed by atoms with Crippen LogP contribution in [-0.2, 0) is 6.54 Å². The van der Waals surface area contributed by atoms with E-state index in [9.17, 15) is 0 Å². The highest BCUT2D eigenvalue weighted by molar-refractivity contribution is 5.83. The van der Waals surface area contributed by atoms with E-state index in [0.717, 1.165) is 22.4 Å². The Labute approximate surface area is 118 Å². The highest BCUT2D eigenvalue weighted by Gasteiger charge is 2.06. The third-order valence-electron chi connectivity index (χ3n) is 3.23. The Morgan fingerprint density at radius 3 is 2.60 bits per heavy atom. The van der Waals surface area contributed by atoms with Gasteiger partial charge in [-0.3, -0.25) is 0 Å². The summed E-state index contributed by atoms with van der Waals surface area (Å²) in [4.78, 5) is 4.42. The molecule has 2 aromatic carbocycles. The van der Waals surface area contributed by atoms with Crippen molar-refractivity contribution in [2.75, 3.05) is 0 Å². The Balaban J connectivity index is 1.98. The van der Waals surface area contributed by atoms with Gasteiger partial charge in [0.1, 0.15) is 5.75 Å². The van der Waals surface area contributed by atoms with E-state index in [1.807, 2.05) is 49.4 Å². The van der Waals surface area contributed by atoms with Crippen LogP contribution in [0, 0.1) is 6.92 Å². The summed E-state index contributed by atoms with van der Waals surface area (Å²) < 4.78 is 5.90. The highest BCUT2D eigenvalue weighted by atomic mass is 16.5. The van der Waals surface area contributed by atoms with Crippen molar-refractivity contribution < 1.29 is 4.74 Å². The Kier molecular flexibility index (Phi) is 3.35. The standard InChI is InChI=1S/C17H16N2O/c1-12-6-7-15(11-18)17(19-12)20-16-9-8-13-4-2-3-5-14(13)10-16/h2-10H,11,18H2,1H3. The number of pyridine rings is 1. The summed E-state index contributed by atoms with van der Waals surface area (Å²) in [6, 6.07) is 18.1. The van der Waals surface area contributed by atoms with Gasteiger partial charge in [0.25, 0.3) is 0 Å². The topological polar surface area (TPSA) is 48.1 Å². The molecule has 0 bridgehead atoms. The highest BCUT2D eigenvalue weighted by Crippen LogP contribution is 2.26. The fourth-order valence-corrected chi connectivity index (χ4v) is 2.15. The SMILES string of the molecule is Cc1ccc(CN)c(Oc2ccc3ccccc3c2)n1. The van der Waals surface area contributed by atoms with Crippen molar-refractivity contribution in [1.82, 2.24) is 4.98 Å². The van der Waals surface area contributed by atoms with Gasteiger partial charge in [-0.05, 0) is 35.9 Å². The first-order valence-corrected chi connectivity index (χ1v) is 6.59. The third-order valence-corrected chi connectivity index (χ3v) is 3.23. The Bertz CT molecular complexity index is 753. The molecule has 100 valence electrons. The van der Waals surface area contributed by atoms with Gasteiger partial charge in [-0.1, -0.05) is 36.4 Å². The van der Waals surface area contributed by atoms with Gasteiger partial charge in [-0.25, -0.2) is 4.98 Å². The number of nitrogens with zero attached hydrogens (tertiary/aromatic N) is 1. The molecule has 3 nitrogen and oxygen atoms in total. The van der Waals surface area contributed by atoms with Crippen LogP contribution in [0.15, 0.2) is 54.6 Å². The van der Waals surface area contributed by atoms with Crippen molar-refractivity contribution in [2.24, 2.45) is 5.73 Å². The summed E-state index contributed by atoms with van der Waals surface area (Å²) in [5, 5.41) is 2.34. The van der Waals surface area contributed by atoms with Crippen LogP contribution in [0.3, 0.4) is 0 Å². The van der Waals surface area contributed by atoms with Gasteiger partial charge in [0.2, 0.25) is 5.88 Å². The van der Waals surface area contributed by atoms with Crippen molar-refractivity contribution in [3.8, 4) is 11.6 Å². The number of hydrogen-bond donors (Lipinski definition) is 1.